The van der Waals surface area contributed by atoms with E-state index < -0.39 is 18.4 Å². The van der Waals surface area contributed by atoms with Gasteiger partial charge in [-0.25, -0.2) is 4.79 Å². The molecule has 9 nitrogen and oxygen atoms in total. The van der Waals surface area contributed by atoms with Crippen LogP contribution < -0.4 is 10.1 Å². The number of aromatic nitrogens is 1. The maximum absolute atomic E-state index is 14.8. The number of rotatable bonds is 15. The first kappa shape index (κ1) is 37.5. The largest absolute Gasteiger partial charge is 0.488 e. The van der Waals surface area contributed by atoms with Crippen LogP contribution in [0.1, 0.15) is 62.8 Å². The Hall–Kier alpha value is -5.25. The Labute approximate surface area is 312 Å². The van der Waals surface area contributed by atoms with Crippen LogP contribution in [-0.2, 0) is 32.0 Å². The lowest BCUT2D eigenvalue weighted by Crippen LogP contribution is -2.51. The molecular weight excluding hydrogens is 666 g/mol. The molecule has 0 radical (unpaired) electrons. The quantitative estimate of drug-likeness (QED) is 0.109. The highest BCUT2D eigenvalue weighted by Gasteiger charge is 2.32. The molecule has 1 heterocycles. The predicted molar refractivity (Wildman–Crippen MR) is 207 cm³/mol. The molecule has 0 saturated carbocycles. The Bertz CT molecular complexity index is 1950. The standard InChI is InChI=1S/C44H49N3O6/c1-6-50-41(51-7-2)28-47(27-31-14-12-20-39-33(31)19-13-25-45-39)42(48)40(26-30-21-23-32(24-22-30)53-44(3,4)5)46-43(49)52-29-38-36-17-10-8-15-34(36)35-16-9-11-18-37(35)38/h8-25,38,40-41H,6-7,26-29H2,1-5H3,(H,46,49)/t40-/m0/s1. The summed E-state index contributed by atoms with van der Waals surface area (Å²) in [6.07, 6.45) is 0.645. The second-order valence-corrected chi connectivity index (χ2v) is 14.1. The predicted octanol–water partition coefficient (Wildman–Crippen LogP) is 8.29. The molecule has 0 spiro atoms. The van der Waals surface area contributed by atoms with Crippen LogP contribution >= 0.6 is 0 Å². The van der Waals surface area contributed by atoms with Gasteiger partial charge in [0.2, 0.25) is 5.91 Å². The summed E-state index contributed by atoms with van der Waals surface area (Å²) < 4.78 is 23.8. The number of alkyl carbamates (subject to hydrolysis) is 1. The Morgan fingerprint density at radius 1 is 0.811 bits per heavy atom. The van der Waals surface area contributed by atoms with Crippen LogP contribution in [0.3, 0.4) is 0 Å². The molecule has 2 amide bonds. The van der Waals surface area contributed by atoms with E-state index in [0.717, 1.165) is 50.0 Å². The van der Waals surface area contributed by atoms with Gasteiger partial charge < -0.3 is 29.2 Å². The van der Waals surface area contributed by atoms with Crippen molar-refractivity contribution in [1.29, 1.82) is 0 Å². The lowest BCUT2D eigenvalue weighted by Gasteiger charge is -2.31. The van der Waals surface area contributed by atoms with E-state index in [1.54, 1.807) is 11.1 Å². The van der Waals surface area contributed by atoms with E-state index in [1.807, 2.05) is 113 Å². The van der Waals surface area contributed by atoms with Crippen molar-refractivity contribution in [1.82, 2.24) is 15.2 Å². The molecule has 9 heteroatoms. The van der Waals surface area contributed by atoms with Crippen LogP contribution in [0.25, 0.3) is 22.0 Å². The zero-order valence-electron chi connectivity index (χ0n) is 31.2. The van der Waals surface area contributed by atoms with Crippen molar-refractivity contribution in [2.24, 2.45) is 0 Å². The van der Waals surface area contributed by atoms with E-state index in [4.69, 9.17) is 18.9 Å². The van der Waals surface area contributed by atoms with Crippen molar-refractivity contribution >= 4 is 22.9 Å². The molecule has 1 atom stereocenters. The molecular formula is C44H49N3O6. The first-order chi connectivity index (χ1) is 25.6. The van der Waals surface area contributed by atoms with E-state index in [0.29, 0.717) is 13.2 Å². The molecule has 0 bridgehead atoms. The van der Waals surface area contributed by atoms with Crippen molar-refractivity contribution in [3.63, 3.8) is 0 Å². The molecule has 1 aromatic heterocycles. The molecule has 0 aliphatic heterocycles. The second-order valence-electron chi connectivity index (χ2n) is 14.1. The Morgan fingerprint density at radius 2 is 1.47 bits per heavy atom. The first-order valence-corrected chi connectivity index (χ1v) is 18.4. The van der Waals surface area contributed by atoms with Gasteiger partial charge in [-0.05, 0) is 92.3 Å². The minimum absolute atomic E-state index is 0.118. The molecule has 0 unspecified atom stereocenters. The summed E-state index contributed by atoms with van der Waals surface area (Å²) >= 11 is 0. The second kappa shape index (κ2) is 17.1. The van der Waals surface area contributed by atoms with Gasteiger partial charge in [-0.2, -0.15) is 0 Å². The van der Waals surface area contributed by atoms with Crippen molar-refractivity contribution in [3.8, 4) is 16.9 Å². The summed E-state index contributed by atoms with van der Waals surface area (Å²) in [6.45, 7) is 11.1. The van der Waals surface area contributed by atoms with Gasteiger partial charge in [0.05, 0.1) is 12.1 Å². The highest BCUT2D eigenvalue weighted by atomic mass is 16.7. The fourth-order valence-corrected chi connectivity index (χ4v) is 6.93. The van der Waals surface area contributed by atoms with E-state index in [-0.39, 0.29) is 43.5 Å². The van der Waals surface area contributed by atoms with E-state index in [2.05, 4.69) is 34.6 Å². The smallest absolute Gasteiger partial charge is 0.407 e. The van der Waals surface area contributed by atoms with Crippen LogP contribution in [0.4, 0.5) is 4.79 Å². The van der Waals surface area contributed by atoms with Crippen molar-refractivity contribution in [3.05, 3.63) is 132 Å². The molecule has 0 fully saturated rings. The molecule has 1 N–H and O–H groups in total. The SMILES string of the molecule is CCOC(CN(Cc1cccc2ncccc12)C(=O)[C@H](Cc1ccc(OC(C)(C)C)cc1)NC(=O)OCC1c2ccccc2-c2ccccc21)OCC. The summed E-state index contributed by atoms with van der Waals surface area (Å²) in [5, 5.41) is 3.89. The minimum Gasteiger partial charge on any atom is -0.488 e. The molecule has 53 heavy (non-hydrogen) atoms. The Kier molecular flexibility index (Phi) is 12.1. The molecule has 0 saturated heterocycles. The highest BCUT2D eigenvalue weighted by molar-refractivity contribution is 5.87. The average Bonchev–Trinajstić information content (AvgIpc) is 3.47. The molecule has 276 valence electrons. The highest BCUT2D eigenvalue weighted by Crippen LogP contribution is 2.44. The number of amides is 2. The number of carbonyl (C=O) groups is 2. The average molecular weight is 716 g/mol. The van der Waals surface area contributed by atoms with Crippen LogP contribution in [0.5, 0.6) is 5.75 Å². The number of pyridine rings is 1. The van der Waals surface area contributed by atoms with Gasteiger partial charge in [-0.1, -0.05) is 78.9 Å². The van der Waals surface area contributed by atoms with Crippen LogP contribution in [0, 0.1) is 0 Å². The van der Waals surface area contributed by atoms with Crippen LogP contribution in [0.2, 0.25) is 0 Å². The van der Waals surface area contributed by atoms with Crippen LogP contribution in [-0.4, -0.2) is 66.2 Å². The first-order valence-electron chi connectivity index (χ1n) is 18.4. The fourth-order valence-electron chi connectivity index (χ4n) is 6.93. The van der Waals surface area contributed by atoms with Crippen LogP contribution in [0.15, 0.2) is 109 Å². The van der Waals surface area contributed by atoms with E-state index >= 15 is 0 Å². The summed E-state index contributed by atoms with van der Waals surface area (Å²) in [7, 11) is 0. The monoisotopic (exact) mass is 715 g/mol. The molecule has 6 rings (SSSR count). The maximum Gasteiger partial charge on any atom is 0.407 e. The van der Waals surface area contributed by atoms with E-state index in [1.165, 1.54) is 0 Å². The van der Waals surface area contributed by atoms with Gasteiger partial charge in [-0.3, -0.25) is 9.78 Å². The number of benzene rings is 4. The van der Waals surface area contributed by atoms with Gasteiger partial charge >= 0.3 is 6.09 Å². The summed E-state index contributed by atoms with van der Waals surface area (Å²) in [5.74, 6) is 0.308. The number of hydrogen-bond donors (Lipinski definition) is 1. The van der Waals surface area contributed by atoms with Gasteiger partial charge in [0, 0.05) is 43.7 Å². The topological polar surface area (TPSA) is 99.2 Å². The number of carbonyl (C=O) groups excluding carboxylic acids is 2. The Morgan fingerprint density at radius 3 is 2.11 bits per heavy atom. The van der Waals surface area contributed by atoms with Gasteiger partial charge in [0.25, 0.3) is 0 Å². The van der Waals surface area contributed by atoms with Gasteiger partial charge in [0.15, 0.2) is 6.29 Å². The number of nitrogens with one attached hydrogen (secondary N) is 1. The number of hydrogen-bond acceptors (Lipinski definition) is 7. The molecule has 5 aromatic rings. The summed E-state index contributed by atoms with van der Waals surface area (Å²) in [4.78, 5) is 34.8. The number of nitrogens with zero attached hydrogens (tertiary/aromatic N) is 2. The van der Waals surface area contributed by atoms with Crippen molar-refractivity contribution in [2.75, 3.05) is 26.4 Å². The number of fused-ring (bicyclic) bond motifs is 4. The van der Waals surface area contributed by atoms with Gasteiger partial charge in [-0.15, -0.1) is 0 Å². The van der Waals surface area contributed by atoms with E-state index in [9.17, 15) is 9.59 Å². The third-order valence-corrected chi connectivity index (χ3v) is 9.20. The molecule has 1 aliphatic rings. The summed E-state index contributed by atoms with van der Waals surface area (Å²) in [6, 6.07) is 32.8. The lowest BCUT2D eigenvalue weighted by atomic mass is 9.98. The summed E-state index contributed by atoms with van der Waals surface area (Å²) in [5.41, 5.74) is 6.74. The molecule has 1 aliphatic carbocycles. The third kappa shape index (κ3) is 9.41. The Balaban J connectivity index is 1.28. The normalized spacial score (nSPS) is 13.0. The van der Waals surface area contributed by atoms with Crippen molar-refractivity contribution < 1.29 is 28.5 Å². The fraction of sp³-hybridized carbons (Fsp3) is 0.341. The van der Waals surface area contributed by atoms with Crippen molar-refractivity contribution in [2.45, 2.75) is 71.4 Å². The maximum atomic E-state index is 14.8. The third-order valence-electron chi connectivity index (χ3n) is 9.20. The lowest BCUT2D eigenvalue weighted by molar-refractivity contribution is -0.160. The molecule has 4 aromatic carbocycles. The zero-order valence-corrected chi connectivity index (χ0v) is 31.2. The number of ether oxygens (including phenoxy) is 4. The van der Waals surface area contributed by atoms with Gasteiger partial charge in [0.1, 0.15) is 24.0 Å². The zero-order chi connectivity index (χ0) is 37.4. The minimum atomic E-state index is -0.961.